The van der Waals surface area contributed by atoms with E-state index in [1.54, 1.807) is 16.6 Å². The molecular formula is C14H17ClN6O. The van der Waals surface area contributed by atoms with Crippen molar-refractivity contribution < 1.29 is 4.79 Å². The predicted molar refractivity (Wildman–Crippen MR) is 82.4 cm³/mol. The molecule has 0 spiro atoms. The fourth-order valence-corrected chi connectivity index (χ4v) is 3.28. The summed E-state index contributed by atoms with van der Waals surface area (Å²) in [5, 5.41) is 4.90. The Hall–Kier alpha value is -2.15. The Kier molecular flexibility index (Phi) is 3.74. The Bertz CT molecular complexity index is 728. The minimum Gasteiger partial charge on any atom is -0.382 e. The molecule has 0 aromatic carbocycles. The molecule has 1 atom stereocenters. The Labute approximate surface area is 133 Å². The molecule has 22 heavy (non-hydrogen) atoms. The molecule has 1 aliphatic rings. The molecule has 3 heterocycles. The zero-order chi connectivity index (χ0) is 15.9. The molecule has 0 saturated carbocycles. The van der Waals surface area contributed by atoms with Crippen molar-refractivity contribution in [2.75, 3.05) is 12.3 Å². The molecule has 1 amide bonds. The van der Waals surface area contributed by atoms with E-state index < -0.39 is 0 Å². The smallest absolute Gasteiger partial charge is 0.276 e. The number of amides is 1. The summed E-state index contributed by atoms with van der Waals surface area (Å²) in [6.45, 7) is 2.54. The van der Waals surface area contributed by atoms with Crippen LogP contribution in [-0.2, 0) is 7.05 Å². The molecule has 0 aliphatic carbocycles. The summed E-state index contributed by atoms with van der Waals surface area (Å²) in [5.41, 5.74) is 7.70. The SMILES string of the molecule is Cc1nn(C)c(Cl)c1[C@H]1CCCN1C(=O)c1nccnc1N. The van der Waals surface area contributed by atoms with Crippen molar-refractivity contribution in [3.05, 3.63) is 34.5 Å². The number of nitrogens with zero attached hydrogens (tertiary/aromatic N) is 5. The summed E-state index contributed by atoms with van der Waals surface area (Å²) in [7, 11) is 1.79. The minimum atomic E-state index is -0.215. The van der Waals surface area contributed by atoms with Gasteiger partial charge in [0, 0.05) is 31.5 Å². The highest BCUT2D eigenvalue weighted by Gasteiger charge is 2.35. The standard InChI is InChI=1S/C14H17ClN6O/c1-8-10(12(15)20(2)19-8)9-4-3-7-21(9)14(22)11-13(16)18-6-5-17-11/h5-6,9H,3-4,7H2,1-2H3,(H2,16,18)/t9-/m1/s1. The number of nitrogens with two attached hydrogens (primary N) is 1. The average molecular weight is 321 g/mol. The van der Waals surface area contributed by atoms with E-state index in [0.29, 0.717) is 11.7 Å². The highest BCUT2D eigenvalue weighted by atomic mass is 35.5. The Morgan fingerprint density at radius 3 is 2.77 bits per heavy atom. The van der Waals surface area contributed by atoms with Crippen molar-refractivity contribution in [3.63, 3.8) is 0 Å². The second kappa shape index (κ2) is 5.57. The summed E-state index contributed by atoms with van der Waals surface area (Å²) in [4.78, 5) is 22.5. The Morgan fingerprint density at radius 1 is 1.41 bits per heavy atom. The highest BCUT2D eigenvalue weighted by molar-refractivity contribution is 6.30. The van der Waals surface area contributed by atoms with Crippen LogP contribution < -0.4 is 5.73 Å². The van der Waals surface area contributed by atoms with E-state index in [9.17, 15) is 4.79 Å². The number of anilines is 1. The number of hydrogen-bond donors (Lipinski definition) is 1. The predicted octanol–water partition coefficient (Wildman–Crippen LogP) is 1.73. The fraction of sp³-hybridized carbons (Fsp3) is 0.429. The monoisotopic (exact) mass is 320 g/mol. The van der Waals surface area contributed by atoms with Crippen LogP contribution in [0.1, 0.15) is 40.6 Å². The van der Waals surface area contributed by atoms with Crippen LogP contribution in [0.15, 0.2) is 12.4 Å². The molecular weight excluding hydrogens is 304 g/mol. The Balaban J connectivity index is 1.97. The normalized spacial score (nSPS) is 18.0. The summed E-state index contributed by atoms with van der Waals surface area (Å²) in [6.07, 6.45) is 4.69. The number of nitrogen functional groups attached to an aromatic ring is 1. The second-order valence-corrected chi connectivity index (χ2v) is 5.72. The van der Waals surface area contributed by atoms with Gasteiger partial charge in [-0.15, -0.1) is 0 Å². The van der Waals surface area contributed by atoms with Crippen molar-refractivity contribution in [2.45, 2.75) is 25.8 Å². The number of hydrogen-bond acceptors (Lipinski definition) is 5. The van der Waals surface area contributed by atoms with E-state index in [-0.39, 0.29) is 23.5 Å². The molecule has 116 valence electrons. The van der Waals surface area contributed by atoms with Crippen LogP contribution in [0.4, 0.5) is 5.82 Å². The van der Waals surface area contributed by atoms with Crippen molar-refractivity contribution in [2.24, 2.45) is 7.05 Å². The lowest BCUT2D eigenvalue weighted by Crippen LogP contribution is -2.32. The molecule has 3 rings (SSSR count). The first kappa shape index (κ1) is 14.8. The third-order valence-electron chi connectivity index (χ3n) is 3.97. The van der Waals surface area contributed by atoms with E-state index in [4.69, 9.17) is 17.3 Å². The van der Waals surface area contributed by atoms with Crippen molar-refractivity contribution in [3.8, 4) is 0 Å². The fourth-order valence-electron chi connectivity index (χ4n) is 2.98. The van der Waals surface area contributed by atoms with E-state index in [2.05, 4.69) is 15.1 Å². The maximum absolute atomic E-state index is 12.8. The van der Waals surface area contributed by atoms with Gasteiger partial charge in [0.05, 0.1) is 11.7 Å². The van der Waals surface area contributed by atoms with Crippen LogP contribution in [0, 0.1) is 6.92 Å². The minimum absolute atomic E-state index is 0.102. The van der Waals surface area contributed by atoms with E-state index in [1.807, 2.05) is 6.92 Å². The number of carbonyl (C=O) groups excluding carboxylic acids is 1. The van der Waals surface area contributed by atoms with Gasteiger partial charge in [-0.2, -0.15) is 5.10 Å². The maximum atomic E-state index is 12.8. The summed E-state index contributed by atoms with van der Waals surface area (Å²) in [5.74, 6) is -0.0698. The molecule has 0 radical (unpaired) electrons. The van der Waals surface area contributed by atoms with Gasteiger partial charge in [-0.3, -0.25) is 9.48 Å². The van der Waals surface area contributed by atoms with Crippen molar-refractivity contribution in [1.29, 1.82) is 0 Å². The van der Waals surface area contributed by atoms with Gasteiger partial charge in [-0.25, -0.2) is 9.97 Å². The molecule has 7 nitrogen and oxygen atoms in total. The molecule has 1 saturated heterocycles. The number of aryl methyl sites for hydroxylation is 2. The second-order valence-electron chi connectivity index (χ2n) is 5.36. The van der Waals surface area contributed by atoms with Gasteiger partial charge in [-0.1, -0.05) is 11.6 Å². The average Bonchev–Trinajstić information content (AvgIpc) is 3.04. The number of halogens is 1. The lowest BCUT2D eigenvalue weighted by molar-refractivity contribution is 0.0730. The molecule has 1 aliphatic heterocycles. The van der Waals surface area contributed by atoms with Gasteiger partial charge in [0.2, 0.25) is 0 Å². The molecule has 8 heteroatoms. The topological polar surface area (TPSA) is 89.9 Å². The summed E-state index contributed by atoms with van der Waals surface area (Å²) < 4.78 is 1.63. The van der Waals surface area contributed by atoms with Gasteiger partial charge >= 0.3 is 0 Å². The zero-order valence-electron chi connectivity index (χ0n) is 12.5. The number of carbonyl (C=O) groups is 1. The van der Waals surface area contributed by atoms with Gasteiger partial charge < -0.3 is 10.6 Å². The van der Waals surface area contributed by atoms with Crippen LogP contribution in [-0.4, -0.2) is 37.1 Å². The quantitative estimate of drug-likeness (QED) is 0.910. The lowest BCUT2D eigenvalue weighted by atomic mass is 10.1. The molecule has 0 unspecified atom stereocenters. The first-order chi connectivity index (χ1) is 10.5. The van der Waals surface area contributed by atoms with Gasteiger partial charge in [0.25, 0.3) is 5.91 Å². The van der Waals surface area contributed by atoms with Gasteiger partial charge in [-0.05, 0) is 19.8 Å². The summed E-state index contributed by atoms with van der Waals surface area (Å²) in [6, 6.07) is -0.102. The molecule has 1 fully saturated rings. The van der Waals surface area contributed by atoms with Gasteiger partial charge in [0.1, 0.15) is 5.15 Å². The van der Waals surface area contributed by atoms with Crippen LogP contribution in [0.5, 0.6) is 0 Å². The van der Waals surface area contributed by atoms with Crippen LogP contribution >= 0.6 is 11.6 Å². The molecule has 2 aromatic rings. The first-order valence-corrected chi connectivity index (χ1v) is 7.45. The van der Waals surface area contributed by atoms with E-state index in [1.165, 1.54) is 12.4 Å². The van der Waals surface area contributed by atoms with E-state index in [0.717, 1.165) is 24.1 Å². The first-order valence-electron chi connectivity index (χ1n) is 7.07. The molecule has 2 N–H and O–H groups in total. The zero-order valence-corrected chi connectivity index (χ0v) is 13.2. The maximum Gasteiger partial charge on any atom is 0.276 e. The summed E-state index contributed by atoms with van der Waals surface area (Å²) >= 11 is 6.35. The number of likely N-dealkylation sites (tertiary alicyclic amines) is 1. The van der Waals surface area contributed by atoms with Gasteiger partial charge in [0.15, 0.2) is 11.5 Å². The van der Waals surface area contributed by atoms with Crippen LogP contribution in [0.3, 0.4) is 0 Å². The molecule has 2 aromatic heterocycles. The van der Waals surface area contributed by atoms with E-state index >= 15 is 0 Å². The third-order valence-corrected chi connectivity index (χ3v) is 4.42. The molecule has 0 bridgehead atoms. The van der Waals surface area contributed by atoms with Crippen LogP contribution in [0.25, 0.3) is 0 Å². The lowest BCUT2D eigenvalue weighted by Gasteiger charge is -2.24. The van der Waals surface area contributed by atoms with Crippen LogP contribution in [0.2, 0.25) is 5.15 Å². The number of aromatic nitrogens is 4. The Morgan fingerprint density at radius 2 is 2.14 bits per heavy atom. The van der Waals surface area contributed by atoms with Crippen molar-refractivity contribution in [1.82, 2.24) is 24.6 Å². The largest absolute Gasteiger partial charge is 0.382 e. The number of rotatable bonds is 2. The third kappa shape index (κ3) is 2.31. The highest BCUT2D eigenvalue weighted by Crippen LogP contribution is 2.38. The van der Waals surface area contributed by atoms with Crippen molar-refractivity contribution >= 4 is 23.3 Å².